The molecule has 7 nitrogen and oxygen atoms in total. The number of rotatable bonds is 4. The highest BCUT2D eigenvalue weighted by molar-refractivity contribution is 7.92. The summed E-state index contributed by atoms with van der Waals surface area (Å²) in [5, 5.41) is -0.672. The van der Waals surface area contributed by atoms with Crippen molar-refractivity contribution < 1.29 is 32.0 Å². The molecule has 2 bridgehead atoms. The van der Waals surface area contributed by atoms with Crippen LogP contribution in [0, 0.1) is 17.3 Å². The van der Waals surface area contributed by atoms with Gasteiger partial charge in [-0.3, -0.25) is 0 Å². The average molecular weight is 502 g/mol. The summed E-state index contributed by atoms with van der Waals surface area (Å²) in [6.45, 7) is 13.4. The zero-order chi connectivity index (χ0) is 25.3. The minimum Gasteiger partial charge on any atom is -0.452 e. The molecule has 1 aromatic carbocycles. The number of carbonyl (C=O) groups is 1. The van der Waals surface area contributed by atoms with Crippen molar-refractivity contribution in [2.24, 2.45) is 17.3 Å². The molecule has 4 saturated carbocycles. The largest absolute Gasteiger partial charge is 0.461 e. The van der Waals surface area contributed by atoms with Crippen LogP contribution in [0.25, 0.3) is 0 Å². The number of carbonyl (C=O) groups excluding carboxylic acids is 1. The van der Waals surface area contributed by atoms with Crippen LogP contribution in [0.2, 0.25) is 5.82 Å². The van der Waals surface area contributed by atoms with Gasteiger partial charge in [-0.1, -0.05) is 19.9 Å². The highest BCUT2D eigenvalue weighted by Crippen LogP contribution is 2.68. The van der Waals surface area contributed by atoms with Gasteiger partial charge in [0.15, 0.2) is 9.84 Å². The van der Waals surface area contributed by atoms with Gasteiger partial charge in [-0.15, -0.1) is 0 Å². The number of fused-ring (bicyclic) bond motifs is 1. The van der Waals surface area contributed by atoms with E-state index in [1.54, 1.807) is 33.8 Å². The second-order valence-electron chi connectivity index (χ2n) is 12.7. The van der Waals surface area contributed by atoms with E-state index in [0.717, 1.165) is 18.4 Å². The highest BCUT2D eigenvalue weighted by atomic mass is 32.2. The van der Waals surface area contributed by atoms with E-state index < -0.39 is 26.8 Å². The molecule has 5 fully saturated rings. The molecular weight excluding hydrogens is 467 g/mol. The Hall–Kier alpha value is -1.58. The average Bonchev–Trinajstić information content (AvgIpc) is 3.45. The molecule has 0 radical (unpaired) electrons. The van der Waals surface area contributed by atoms with E-state index >= 15 is 0 Å². The first kappa shape index (κ1) is 23.8. The second kappa shape index (κ2) is 7.04. The fourth-order valence-corrected chi connectivity index (χ4v) is 8.39. The zero-order valence-corrected chi connectivity index (χ0v) is 22.4. The summed E-state index contributed by atoms with van der Waals surface area (Å²) >= 11 is 0. The SMILES string of the molecule is CC(C)S(=O)(=O)c1ccc([C@H]2C[C@H]2B2OC3C[C@@H]4C[C@@H](C4(C)C)[C@]3(C)O2)c2c1C(=O)OC(C)(C)O2. The van der Waals surface area contributed by atoms with E-state index in [0.29, 0.717) is 17.6 Å². The van der Waals surface area contributed by atoms with Crippen LogP contribution >= 0.6 is 0 Å². The van der Waals surface area contributed by atoms with Gasteiger partial charge >= 0.3 is 13.1 Å². The van der Waals surface area contributed by atoms with E-state index in [9.17, 15) is 13.2 Å². The van der Waals surface area contributed by atoms with Gasteiger partial charge in [-0.05, 0) is 74.8 Å². The smallest absolute Gasteiger partial charge is 0.452 e. The Bertz CT molecular complexity index is 1220. The fraction of sp³-hybridized carbons (Fsp3) is 0.731. The molecule has 7 rings (SSSR count). The van der Waals surface area contributed by atoms with Crippen LogP contribution < -0.4 is 4.74 Å². The van der Waals surface area contributed by atoms with Crippen LogP contribution in [-0.2, 0) is 23.9 Å². The first-order valence-electron chi connectivity index (χ1n) is 12.8. The van der Waals surface area contributed by atoms with Crippen molar-refractivity contribution in [1.29, 1.82) is 0 Å². The van der Waals surface area contributed by atoms with Gasteiger partial charge in [0, 0.05) is 19.7 Å². The third kappa shape index (κ3) is 3.23. The highest BCUT2D eigenvalue weighted by Gasteiger charge is 2.70. The molecule has 0 spiro atoms. The van der Waals surface area contributed by atoms with E-state index in [1.807, 2.05) is 0 Å². The summed E-state index contributed by atoms with van der Waals surface area (Å²) < 4.78 is 50.8. The molecule has 9 heteroatoms. The second-order valence-corrected chi connectivity index (χ2v) is 15.2. The Balaban J connectivity index is 1.32. The topological polar surface area (TPSA) is 88.1 Å². The van der Waals surface area contributed by atoms with Crippen LogP contribution in [0.15, 0.2) is 17.0 Å². The van der Waals surface area contributed by atoms with Crippen molar-refractivity contribution in [2.75, 3.05) is 0 Å². The number of ether oxygens (including phenoxy) is 2. The third-order valence-corrected chi connectivity index (χ3v) is 11.7. The Labute approximate surface area is 208 Å². The predicted octanol–water partition coefficient (Wildman–Crippen LogP) is 4.74. The maximum atomic E-state index is 13.0. The number of sulfone groups is 1. The Kier molecular flexibility index (Phi) is 4.79. The lowest BCUT2D eigenvalue weighted by Gasteiger charge is -2.64. The first-order chi connectivity index (χ1) is 16.2. The van der Waals surface area contributed by atoms with Gasteiger partial charge in [0.05, 0.1) is 21.9 Å². The molecule has 6 aliphatic rings. The minimum absolute atomic E-state index is 0.0117. The van der Waals surface area contributed by atoms with Crippen LogP contribution in [0.5, 0.6) is 5.75 Å². The molecule has 0 aromatic heterocycles. The van der Waals surface area contributed by atoms with Crippen LogP contribution in [0.3, 0.4) is 0 Å². The lowest BCUT2D eigenvalue weighted by molar-refractivity contribution is -0.199. The monoisotopic (exact) mass is 502 g/mol. The maximum absolute atomic E-state index is 13.0. The van der Waals surface area contributed by atoms with Crippen molar-refractivity contribution in [3.05, 3.63) is 23.3 Å². The molecule has 2 aliphatic heterocycles. The molecule has 35 heavy (non-hydrogen) atoms. The van der Waals surface area contributed by atoms with Gasteiger partial charge in [0.1, 0.15) is 11.3 Å². The number of esters is 1. The third-order valence-electron chi connectivity index (χ3n) is 9.53. The van der Waals surface area contributed by atoms with Crippen molar-refractivity contribution >= 4 is 22.9 Å². The van der Waals surface area contributed by atoms with Crippen molar-refractivity contribution in [2.45, 2.75) is 107 Å². The Morgan fingerprint density at radius 3 is 2.40 bits per heavy atom. The van der Waals surface area contributed by atoms with E-state index in [1.165, 1.54) is 12.5 Å². The molecule has 1 unspecified atom stereocenters. The number of hydrogen-bond acceptors (Lipinski definition) is 7. The van der Waals surface area contributed by atoms with Crippen molar-refractivity contribution in [3.63, 3.8) is 0 Å². The van der Waals surface area contributed by atoms with Gasteiger partial charge in [-0.25, -0.2) is 13.2 Å². The molecule has 4 aliphatic carbocycles. The van der Waals surface area contributed by atoms with Gasteiger partial charge in [0.2, 0.25) is 5.79 Å². The summed E-state index contributed by atoms with van der Waals surface area (Å²) in [6, 6.07) is 3.34. The van der Waals surface area contributed by atoms with Gasteiger partial charge in [-0.2, -0.15) is 0 Å². The summed E-state index contributed by atoms with van der Waals surface area (Å²) in [6.07, 6.45) is 3.19. The lowest BCUT2D eigenvalue weighted by Crippen LogP contribution is -2.65. The summed E-state index contributed by atoms with van der Waals surface area (Å²) in [5.41, 5.74) is 0.850. The molecular formula is C26H35BO7S. The number of benzene rings is 1. The minimum atomic E-state index is -3.71. The first-order valence-corrected chi connectivity index (χ1v) is 14.4. The predicted molar refractivity (Wildman–Crippen MR) is 130 cm³/mol. The van der Waals surface area contributed by atoms with Crippen LogP contribution in [-0.4, -0.2) is 44.2 Å². The number of hydrogen-bond donors (Lipinski definition) is 0. The Morgan fingerprint density at radius 2 is 1.74 bits per heavy atom. The number of cyclic esters (lactones) is 1. The molecule has 1 saturated heterocycles. The molecule has 0 amide bonds. The zero-order valence-electron chi connectivity index (χ0n) is 21.6. The fourth-order valence-electron chi connectivity index (χ4n) is 7.16. The molecule has 6 atom stereocenters. The van der Waals surface area contributed by atoms with E-state index in [4.69, 9.17) is 18.8 Å². The summed E-state index contributed by atoms with van der Waals surface area (Å²) in [7, 11) is -4.01. The molecule has 190 valence electrons. The normalized spacial score (nSPS) is 38.2. The Morgan fingerprint density at radius 1 is 1.03 bits per heavy atom. The summed E-state index contributed by atoms with van der Waals surface area (Å²) in [5.74, 6) is -0.134. The van der Waals surface area contributed by atoms with E-state index in [2.05, 4.69) is 20.8 Å². The van der Waals surface area contributed by atoms with Crippen LogP contribution in [0.4, 0.5) is 0 Å². The standard InChI is InChI=1S/C26H35BO7S/c1-13(2)35(29,30)18-9-8-15(22-21(18)23(28)32-25(5,6)31-22)16-12-17(16)27-33-20-11-14-10-19(24(14,3)4)26(20,7)34-27/h8-9,13-14,16-17,19-20H,10-12H2,1-7H3/t14-,16+,17+,19-,20?,26-/m0/s1. The molecule has 2 heterocycles. The molecule has 1 aromatic rings. The van der Waals surface area contributed by atoms with Gasteiger partial charge < -0.3 is 18.8 Å². The van der Waals surface area contributed by atoms with Crippen molar-refractivity contribution in [3.8, 4) is 5.75 Å². The quantitative estimate of drug-likeness (QED) is 0.434. The maximum Gasteiger partial charge on any atom is 0.461 e. The molecule has 0 N–H and O–H groups in total. The van der Waals surface area contributed by atoms with Gasteiger partial charge in [0.25, 0.3) is 0 Å². The lowest BCUT2D eigenvalue weighted by atomic mass is 9.43. The van der Waals surface area contributed by atoms with Crippen LogP contribution in [0.1, 0.15) is 89.6 Å². The summed E-state index contributed by atoms with van der Waals surface area (Å²) in [4.78, 5) is 13.0. The van der Waals surface area contributed by atoms with Crippen molar-refractivity contribution in [1.82, 2.24) is 0 Å². The van der Waals surface area contributed by atoms with E-state index in [-0.39, 0.29) is 46.4 Å².